The van der Waals surface area contributed by atoms with Crippen molar-refractivity contribution in [3.63, 3.8) is 0 Å². The molecule has 0 unspecified atom stereocenters. The fraction of sp³-hybridized carbons (Fsp3) is 0. The zero-order valence-electron chi connectivity index (χ0n) is 8.15. The van der Waals surface area contributed by atoms with Gasteiger partial charge < -0.3 is 4.98 Å². The summed E-state index contributed by atoms with van der Waals surface area (Å²) in [6.45, 7) is 6.93. The van der Waals surface area contributed by atoms with Gasteiger partial charge in [-0.2, -0.15) is 0 Å². The standard InChI is InChI=1S/C11H7N3O2/c1-12-9-8(7-5-3-2-4-6-7)13-11(16)14-10(9)15/h2-6H,(H2,13,14,15,16). The lowest BCUT2D eigenvalue weighted by molar-refractivity contribution is 1.05. The summed E-state index contributed by atoms with van der Waals surface area (Å²) in [4.78, 5) is 30.1. The molecule has 0 aliphatic rings. The second kappa shape index (κ2) is 3.87. The lowest BCUT2D eigenvalue weighted by Crippen LogP contribution is -2.22. The van der Waals surface area contributed by atoms with Crippen LogP contribution in [-0.4, -0.2) is 9.97 Å². The Bertz CT molecular complexity index is 662. The van der Waals surface area contributed by atoms with E-state index in [1.54, 1.807) is 24.3 Å². The molecule has 0 atom stereocenters. The molecule has 2 rings (SSSR count). The molecule has 0 aliphatic carbocycles. The van der Waals surface area contributed by atoms with E-state index in [1.165, 1.54) is 0 Å². The summed E-state index contributed by atoms with van der Waals surface area (Å²) in [5, 5.41) is 0. The lowest BCUT2D eigenvalue weighted by Gasteiger charge is -2.02. The Morgan fingerprint density at radius 2 is 1.75 bits per heavy atom. The minimum atomic E-state index is -0.669. The number of nitrogens with one attached hydrogen (secondary N) is 2. The van der Waals surface area contributed by atoms with Crippen LogP contribution in [0, 0.1) is 6.57 Å². The van der Waals surface area contributed by atoms with Gasteiger partial charge in [0.1, 0.15) is 0 Å². The van der Waals surface area contributed by atoms with Crippen molar-refractivity contribution < 1.29 is 0 Å². The summed E-state index contributed by atoms with van der Waals surface area (Å²) < 4.78 is 0. The smallest absolute Gasteiger partial charge is 0.316 e. The molecule has 0 fully saturated rings. The van der Waals surface area contributed by atoms with Crippen LogP contribution in [0.2, 0.25) is 0 Å². The van der Waals surface area contributed by atoms with Crippen LogP contribution in [0.4, 0.5) is 5.69 Å². The quantitative estimate of drug-likeness (QED) is 0.700. The molecule has 2 aromatic rings. The van der Waals surface area contributed by atoms with Crippen LogP contribution in [0.15, 0.2) is 39.9 Å². The fourth-order valence-electron chi connectivity index (χ4n) is 1.40. The Hall–Kier alpha value is -2.61. The monoisotopic (exact) mass is 213 g/mol. The number of nitrogens with zero attached hydrogens (tertiary/aromatic N) is 1. The summed E-state index contributed by atoms with van der Waals surface area (Å²) >= 11 is 0. The summed E-state index contributed by atoms with van der Waals surface area (Å²) in [6.07, 6.45) is 0. The van der Waals surface area contributed by atoms with E-state index in [2.05, 4.69) is 9.83 Å². The van der Waals surface area contributed by atoms with Gasteiger partial charge >= 0.3 is 5.69 Å². The van der Waals surface area contributed by atoms with Gasteiger partial charge in [-0.1, -0.05) is 30.3 Å². The van der Waals surface area contributed by atoms with Gasteiger partial charge in [-0.15, -0.1) is 0 Å². The largest absolute Gasteiger partial charge is 0.324 e. The van der Waals surface area contributed by atoms with Gasteiger partial charge in [-0.05, 0) is 5.56 Å². The van der Waals surface area contributed by atoms with Crippen molar-refractivity contribution in [1.82, 2.24) is 9.97 Å². The lowest BCUT2D eigenvalue weighted by atomic mass is 10.1. The molecule has 5 nitrogen and oxygen atoms in total. The van der Waals surface area contributed by atoms with Crippen LogP contribution in [-0.2, 0) is 0 Å². The zero-order chi connectivity index (χ0) is 11.5. The van der Waals surface area contributed by atoms with E-state index in [1.807, 2.05) is 11.1 Å². The van der Waals surface area contributed by atoms with Crippen molar-refractivity contribution in [2.75, 3.05) is 0 Å². The second-order valence-electron chi connectivity index (χ2n) is 3.11. The molecule has 16 heavy (non-hydrogen) atoms. The first-order chi connectivity index (χ1) is 7.72. The van der Waals surface area contributed by atoms with Gasteiger partial charge in [0.25, 0.3) is 11.2 Å². The highest BCUT2D eigenvalue weighted by molar-refractivity contribution is 5.73. The molecule has 0 saturated carbocycles. The Morgan fingerprint density at radius 3 is 2.38 bits per heavy atom. The Balaban J connectivity index is 2.81. The first kappa shape index (κ1) is 9.93. The van der Waals surface area contributed by atoms with E-state index in [4.69, 9.17) is 6.57 Å². The summed E-state index contributed by atoms with van der Waals surface area (Å²) in [7, 11) is 0. The molecule has 1 heterocycles. The molecular formula is C11H7N3O2. The summed E-state index contributed by atoms with van der Waals surface area (Å²) in [5.41, 5.74) is -0.499. The Labute approximate surface area is 90.2 Å². The van der Waals surface area contributed by atoms with Gasteiger partial charge in [0, 0.05) is 0 Å². The summed E-state index contributed by atoms with van der Waals surface area (Å²) in [5.74, 6) is 0. The van der Waals surface area contributed by atoms with Crippen LogP contribution >= 0.6 is 0 Å². The number of aromatic amines is 2. The van der Waals surface area contributed by atoms with Crippen LogP contribution in [0.3, 0.4) is 0 Å². The molecule has 0 amide bonds. The number of H-pyrrole nitrogens is 2. The Kier molecular flexibility index (Phi) is 2.40. The molecule has 2 N–H and O–H groups in total. The van der Waals surface area contributed by atoms with Gasteiger partial charge in [0.05, 0.1) is 12.3 Å². The predicted molar refractivity (Wildman–Crippen MR) is 59.4 cm³/mol. The highest BCUT2D eigenvalue weighted by atomic mass is 16.2. The molecule has 0 bridgehead atoms. The minimum Gasteiger partial charge on any atom is -0.316 e. The average molecular weight is 213 g/mol. The van der Waals surface area contributed by atoms with E-state index >= 15 is 0 Å². The van der Waals surface area contributed by atoms with E-state index in [9.17, 15) is 9.59 Å². The number of benzene rings is 1. The molecule has 0 spiro atoms. The van der Waals surface area contributed by atoms with Crippen molar-refractivity contribution >= 4 is 5.69 Å². The number of aromatic nitrogens is 2. The van der Waals surface area contributed by atoms with Crippen molar-refractivity contribution in [3.05, 3.63) is 62.6 Å². The van der Waals surface area contributed by atoms with E-state index < -0.39 is 11.2 Å². The zero-order valence-corrected chi connectivity index (χ0v) is 8.15. The molecule has 0 aliphatic heterocycles. The van der Waals surface area contributed by atoms with Crippen LogP contribution in [0.5, 0.6) is 0 Å². The Morgan fingerprint density at radius 1 is 1.06 bits per heavy atom. The fourth-order valence-corrected chi connectivity index (χ4v) is 1.40. The number of rotatable bonds is 1. The molecule has 78 valence electrons. The maximum atomic E-state index is 11.4. The predicted octanol–water partition coefficient (Wildman–Crippen LogP) is 1.28. The topological polar surface area (TPSA) is 70.1 Å². The van der Waals surface area contributed by atoms with Crippen molar-refractivity contribution in [3.8, 4) is 11.3 Å². The molecule has 5 heteroatoms. The molecular weight excluding hydrogens is 206 g/mol. The highest BCUT2D eigenvalue weighted by Crippen LogP contribution is 2.22. The molecule has 0 radical (unpaired) electrons. The van der Waals surface area contributed by atoms with Crippen molar-refractivity contribution in [1.29, 1.82) is 0 Å². The van der Waals surface area contributed by atoms with E-state index in [0.29, 0.717) is 5.56 Å². The minimum absolute atomic E-state index is 0.106. The first-order valence-corrected chi connectivity index (χ1v) is 4.52. The van der Waals surface area contributed by atoms with Crippen LogP contribution in [0.25, 0.3) is 16.1 Å². The third-order valence-electron chi connectivity index (χ3n) is 2.09. The average Bonchev–Trinajstić information content (AvgIpc) is 2.29. The normalized spacial score (nSPS) is 9.69. The molecule has 1 aromatic carbocycles. The molecule has 0 saturated heterocycles. The number of hydrogen-bond donors (Lipinski definition) is 2. The maximum Gasteiger partial charge on any atom is 0.324 e. The third-order valence-corrected chi connectivity index (χ3v) is 2.09. The van der Waals surface area contributed by atoms with E-state index in [0.717, 1.165) is 0 Å². The van der Waals surface area contributed by atoms with E-state index in [-0.39, 0.29) is 11.4 Å². The van der Waals surface area contributed by atoms with Crippen LogP contribution < -0.4 is 11.2 Å². The van der Waals surface area contributed by atoms with Gasteiger partial charge in [0.15, 0.2) is 0 Å². The maximum absolute atomic E-state index is 11.4. The molecule has 1 aromatic heterocycles. The highest BCUT2D eigenvalue weighted by Gasteiger charge is 2.10. The van der Waals surface area contributed by atoms with Gasteiger partial charge in [0.2, 0.25) is 0 Å². The SMILES string of the molecule is [C-]#[N+]c1c(-c2ccccc2)[nH]c(=O)[nH]c1=O. The van der Waals surface area contributed by atoms with Gasteiger partial charge in [-0.3, -0.25) is 9.78 Å². The van der Waals surface area contributed by atoms with Gasteiger partial charge in [-0.25, -0.2) is 9.64 Å². The van der Waals surface area contributed by atoms with Crippen molar-refractivity contribution in [2.45, 2.75) is 0 Å². The third kappa shape index (κ3) is 1.64. The number of hydrogen-bond acceptors (Lipinski definition) is 2. The van der Waals surface area contributed by atoms with Crippen molar-refractivity contribution in [2.24, 2.45) is 0 Å². The van der Waals surface area contributed by atoms with Crippen LogP contribution in [0.1, 0.15) is 0 Å². The first-order valence-electron chi connectivity index (χ1n) is 4.52. The summed E-state index contributed by atoms with van der Waals surface area (Å²) in [6, 6.07) is 8.79. The second-order valence-corrected chi connectivity index (χ2v) is 3.11.